The number of carboxylic acid groups (broad SMARTS) is 1. The van der Waals surface area contributed by atoms with Crippen LogP contribution >= 0.6 is 0 Å². The SMILES string of the molecule is CC1(NC(=O)N2CCC(CC(=O)O)C2)CCOC1. The topological polar surface area (TPSA) is 78.9 Å². The molecule has 2 rings (SSSR count). The number of aliphatic carboxylic acids is 1. The van der Waals surface area contributed by atoms with Crippen molar-refractivity contribution in [1.29, 1.82) is 0 Å². The number of carboxylic acids is 1. The second kappa shape index (κ2) is 5.14. The van der Waals surface area contributed by atoms with Crippen LogP contribution in [0.15, 0.2) is 0 Å². The van der Waals surface area contributed by atoms with Gasteiger partial charge in [0.05, 0.1) is 12.1 Å². The van der Waals surface area contributed by atoms with Crippen molar-refractivity contribution < 1.29 is 19.4 Å². The summed E-state index contributed by atoms with van der Waals surface area (Å²) in [6.07, 6.45) is 1.74. The van der Waals surface area contributed by atoms with E-state index in [0.717, 1.165) is 12.8 Å². The number of nitrogens with zero attached hydrogens (tertiary/aromatic N) is 1. The molecule has 2 unspecified atom stereocenters. The third kappa shape index (κ3) is 3.13. The van der Waals surface area contributed by atoms with E-state index in [1.165, 1.54) is 0 Å². The Balaban J connectivity index is 1.82. The largest absolute Gasteiger partial charge is 0.481 e. The van der Waals surface area contributed by atoms with E-state index >= 15 is 0 Å². The molecule has 0 aromatic carbocycles. The molecule has 102 valence electrons. The van der Waals surface area contributed by atoms with E-state index in [0.29, 0.717) is 26.3 Å². The van der Waals surface area contributed by atoms with Gasteiger partial charge in [-0.1, -0.05) is 0 Å². The summed E-state index contributed by atoms with van der Waals surface area (Å²) in [5.74, 6) is -0.709. The van der Waals surface area contributed by atoms with Gasteiger partial charge in [0, 0.05) is 26.1 Å². The maximum atomic E-state index is 12.0. The van der Waals surface area contributed by atoms with Crippen LogP contribution in [0.25, 0.3) is 0 Å². The molecule has 2 atom stereocenters. The lowest BCUT2D eigenvalue weighted by Gasteiger charge is -2.27. The number of likely N-dealkylation sites (tertiary alicyclic amines) is 1. The lowest BCUT2D eigenvalue weighted by Crippen LogP contribution is -2.51. The molecule has 2 aliphatic rings. The molecule has 0 spiro atoms. The number of rotatable bonds is 3. The second-order valence-corrected chi connectivity index (χ2v) is 5.49. The van der Waals surface area contributed by atoms with Crippen LogP contribution in [0.2, 0.25) is 0 Å². The first-order valence-corrected chi connectivity index (χ1v) is 6.35. The Hall–Kier alpha value is -1.30. The smallest absolute Gasteiger partial charge is 0.317 e. The molecule has 0 radical (unpaired) electrons. The van der Waals surface area contributed by atoms with Crippen LogP contribution in [0.5, 0.6) is 0 Å². The lowest BCUT2D eigenvalue weighted by atomic mass is 10.0. The van der Waals surface area contributed by atoms with Crippen LogP contribution in [-0.4, -0.2) is 53.8 Å². The molecule has 2 fully saturated rings. The molecular weight excluding hydrogens is 236 g/mol. The molecule has 0 aliphatic carbocycles. The summed E-state index contributed by atoms with van der Waals surface area (Å²) >= 11 is 0. The Kier molecular flexibility index (Phi) is 3.75. The molecule has 0 aromatic rings. The Morgan fingerprint density at radius 2 is 2.33 bits per heavy atom. The molecular formula is C12H20N2O4. The minimum Gasteiger partial charge on any atom is -0.481 e. The zero-order valence-electron chi connectivity index (χ0n) is 10.6. The molecule has 6 nitrogen and oxygen atoms in total. The summed E-state index contributed by atoms with van der Waals surface area (Å²) < 4.78 is 5.29. The highest BCUT2D eigenvalue weighted by atomic mass is 16.5. The zero-order chi connectivity index (χ0) is 13.2. The summed E-state index contributed by atoms with van der Waals surface area (Å²) in [6.45, 7) is 4.38. The maximum Gasteiger partial charge on any atom is 0.317 e. The van der Waals surface area contributed by atoms with Crippen LogP contribution in [0.4, 0.5) is 4.79 Å². The quantitative estimate of drug-likeness (QED) is 0.778. The first kappa shape index (κ1) is 13.1. The van der Waals surface area contributed by atoms with Gasteiger partial charge in [0.25, 0.3) is 0 Å². The molecule has 2 saturated heterocycles. The number of hydrogen-bond donors (Lipinski definition) is 2. The highest BCUT2D eigenvalue weighted by Gasteiger charge is 2.35. The van der Waals surface area contributed by atoms with Gasteiger partial charge in [-0.25, -0.2) is 4.79 Å². The minimum absolute atomic E-state index is 0.0842. The van der Waals surface area contributed by atoms with Crippen molar-refractivity contribution in [2.24, 2.45) is 5.92 Å². The van der Waals surface area contributed by atoms with Gasteiger partial charge < -0.3 is 20.1 Å². The lowest BCUT2D eigenvalue weighted by molar-refractivity contribution is -0.138. The predicted octanol–water partition coefficient (Wildman–Crippen LogP) is 0.672. The molecule has 2 heterocycles. The third-order valence-electron chi connectivity index (χ3n) is 3.66. The first-order valence-electron chi connectivity index (χ1n) is 6.35. The average Bonchev–Trinajstić information content (AvgIpc) is 2.87. The number of nitrogens with one attached hydrogen (secondary N) is 1. The van der Waals surface area contributed by atoms with Crippen LogP contribution in [0.3, 0.4) is 0 Å². The molecule has 6 heteroatoms. The number of amides is 2. The van der Waals surface area contributed by atoms with Crippen LogP contribution in [-0.2, 0) is 9.53 Å². The van der Waals surface area contributed by atoms with E-state index < -0.39 is 5.97 Å². The van der Waals surface area contributed by atoms with Crippen molar-refractivity contribution in [1.82, 2.24) is 10.2 Å². The monoisotopic (exact) mass is 256 g/mol. The average molecular weight is 256 g/mol. The van der Waals surface area contributed by atoms with Crippen LogP contribution in [0, 0.1) is 5.92 Å². The molecule has 0 bridgehead atoms. The Morgan fingerprint density at radius 1 is 1.56 bits per heavy atom. The van der Waals surface area contributed by atoms with E-state index in [-0.39, 0.29) is 23.9 Å². The van der Waals surface area contributed by atoms with Crippen molar-refractivity contribution >= 4 is 12.0 Å². The first-order chi connectivity index (χ1) is 8.48. The van der Waals surface area contributed by atoms with Gasteiger partial charge in [0.1, 0.15) is 0 Å². The van der Waals surface area contributed by atoms with Gasteiger partial charge in [-0.15, -0.1) is 0 Å². The van der Waals surface area contributed by atoms with E-state index in [4.69, 9.17) is 9.84 Å². The molecule has 0 aromatic heterocycles. The van der Waals surface area contributed by atoms with Crippen molar-refractivity contribution in [3.8, 4) is 0 Å². The van der Waals surface area contributed by atoms with Gasteiger partial charge in [-0.05, 0) is 25.7 Å². The summed E-state index contributed by atoms with van der Waals surface area (Å²) in [4.78, 5) is 24.4. The number of urea groups is 1. The number of hydrogen-bond acceptors (Lipinski definition) is 3. The molecule has 18 heavy (non-hydrogen) atoms. The van der Waals surface area contributed by atoms with Crippen molar-refractivity contribution in [2.75, 3.05) is 26.3 Å². The van der Waals surface area contributed by atoms with E-state index in [1.807, 2.05) is 6.92 Å². The van der Waals surface area contributed by atoms with Crippen molar-refractivity contribution in [3.63, 3.8) is 0 Å². The Morgan fingerprint density at radius 3 is 2.94 bits per heavy atom. The molecule has 2 N–H and O–H groups in total. The van der Waals surface area contributed by atoms with Crippen molar-refractivity contribution in [3.05, 3.63) is 0 Å². The second-order valence-electron chi connectivity index (χ2n) is 5.49. The van der Waals surface area contributed by atoms with Gasteiger partial charge in [-0.3, -0.25) is 4.79 Å². The standard InChI is InChI=1S/C12H20N2O4/c1-12(3-5-18-8-12)13-11(17)14-4-2-9(7-14)6-10(15)16/h9H,2-8H2,1H3,(H,13,17)(H,15,16). The summed E-state index contributed by atoms with van der Waals surface area (Å²) in [5, 5.41) is 11.7. The number of ether oxygens (including phenoxy) is 1. The fraction of sp³-hybridized carbons (Fsp3) is 0.833. The van der Waals surface area contributed by atoms with Crippen LogP contribution in [0.1, 0.15) is 26.2 Å². The highest BCUT2D eigenvalue weighted by Crippen LogP contribution is 2.22. The van der Waals surface area contributed by atoms with E-state index in [2.05, 4.69) is 5.32 Å². The maximum absolute atomic E-state index is 12.0. The fourth-order valence-corrected chi connectivity index (χ4v) is 2.53. The van der Waals surface area contributed by atoms with Gasteiger partial charge >= 0.3 is 12.0 Å². The van der Waals surface area contributed by atoms with E-state index in [9.17, 15) is 9.59 Å². The Labute approximate surface area is 106 Å². The summed E-state index contributed by atoms with van der Waals surface area (Å²) in [7, 11) is 0. The van der Waals surface area contributed by atoms with Gasteiger partial charge in [0.2, 0.25) is 0 Å². The number of carbonyl (C=O) groups is 2. The third-order valence-corrected chi connectivity index (χ3v) is 3.66. The Bertz CT molecular complexity index is 339. The molecule has 2 amide bonds. The molecule has 0 saturated carbocycles. The predicted molar refractivity (Wildman–Crippen MR) is 64.3 cm³/mol. The van der Waals surface area contributed by atoms with Crippen molar-refractivity contribution in [2.45, 2.75) is 31.7 Å². The normalized spacial score (nSPS) is 31.6. The highest BCUT2D eigenvalue weighted by molar-refractivity contribution is 5.75. The number of carbonyl (C=O) groups excluding carboxylic acids is 1. The van der Waals surface area contributed by atoms with Gasteiger partial charge in [-0.2, -0.15) is 0 Å². The van der Waals surface area contributed by atoms with Crippen LogP contribution < -0.4 is 5.32 Å². The molecule has 2 aliphatic heterocycles. The minimum atomic E-state index is -0.793. The van der Waals surface area contributed by atoms with Gasteiger partial charge in [0.15, 0.2) is 0 Å². The zero-order valence-corrected chi connectivity index (χ0v) is 10.6. The fourth-order valence-electron chi connectivity index (χ4n) is 2.53. The summed E-state index contributed by atoms with van der Waals surface area (Å²) in [6, 6.07) is -0.101. The van der Waals surface area contributed by atoms with E-state index in [1.54, 1.807) is 4.90 Å². The summed E-state index contributed by atoms with van der Waals surface area (Å²) in [5.41, 5.74) is -0.276.